The molecule has 1 unspecified atom stereocenters. The first-order valence-electron chi connectivity index (χ1n) is 6.50. The van der Waals surface area contributed by atoms with Crippen molar-refractivity contribution < 1.29 is 9.53 Å². The standard InChI is InChI=1S/C14H21ClN2O2/c1-3-10(16)8-11-12(15)6-5-7-13(11)19-9-14(18)17-4-2/h5-7,10H,3-4,8-9,16H2,1-2H3,(H,17,18). The highest BCUT2D eigenvalue weighted by Crippen LogP contribution is 2.27. The highest BCUT2D eigenvalue weighted by molar-refractivity contribution is 6.31. The molecule has 106 valence electrons. The van der Waals surface area contributed by atoms with Gasteiger partial charge in [0.15, 0.2) is 6.61 Å². The number of amides is 1. The molecule has 0 aliphatic heterocycles. The Balaban J connectivity index is 2.76. The SMILES string of the molecule is CCNC(=O)COc1cccc(Cl)c1CC(N)CC. The number of hydrogen-bond donors (Lipinski definition) is 2. The van der Waals surface area contributed by atoms with Gasteiger partial charge in [-0.05, 0) is 31.9 Å². The van der Waals surface area contributed by atoms with Crippen LogP contribution in [0, 0.1) is 0 Å². The van der Waals surface area contributed by atoms with E-state index in [1.54, 1.807) is 12.1 Å². The molecule has 0 aliphatic rings. The third-order valence-corrected chi connectivity index (χ3v) is 3.15. The van der Waals surface area contributed by atoms with Crippen molar-refractivity contribution in [2.75, 3.05) is 13.2 Å². The monoisotopic (exact) mass is 284 g/mol. The lowest BCUT2D eigenvalue weighted by Gasteiger charge is -2.15. The van der Waals surface area contributed by atoms with Crippen molar-refractivity contribution in [3.8, 4) is 5.75 Å². The highest BCUT2D eigenvalue weighted by atomic mass is 35.5. The molecule has 3 N–H and O–H groups in total. The Morgan fingerprint density at radius 3 is 2.84 bits per heavy atom. The molecular formula is C14H21ClN2O2. The van der Waals surface area contributed by atoms with Gasteiger partial charge in [0.1, 0.15) is 5.75 Å². The molecule has 1 amide bonds. The van der Waals surface area contributed by atoms with Crippen LogP contribution in [0.1, 0.15) is 25.8 Å². The third kappa shape index (κ3) is 5.09. The van der Waals surface area contributed by atoms with Crippen molar-refractivity contribution in [1.29, 1.82) is 0 Å². The maximum absolute atomic E-state index is 11.4. The summed E-state index contributed by atoms with van der Waals surface area (Å²) in [5.74, 6) is 0.482. The van der Waals surface area contributed by atoms with Gasteiger partial charge in [-0.25, -0.2) is 0 Å². The predicted molar refractivity (Wildman–Crippen MR) is 77.6 cm³/mol. The van der Waals surface area contributed by atoms with Crippen molar-refractivity contribution >= 4 is 17.5 Å². The molecule has 1 atom stereocenters. The van der Waals surface area contributed by atoms with E-state index in [1.165, 1.54) is 0 Å². The van der Waals surface area contributed by atoms with E-state index in [-0.39, 0.29) is 18.6 Å². The van der Waals surface area contributed by atoms with Crippen LogP contribution in [0.5, 0.6) is 5.75 Å². The van der Waals surface area contributed by atoms with Gasteiger partial charge in [0, 0.05) is 23.2 Å². The number of likely N-dealkylation sites (N-methyl/N-ethyl adjacent to an activating group) is 1. The first-order chi connectivity index (χ1) is 9.08. The number of carbonyl (C=O) groups is 1. The molecule has 0 heterocycles. The molecule has 5 heteroatoms. The molecular weight excluding hydrogens is 264 g/mol. The Hall–Kier alpha value is -1.26. The smallest absolute Gasteiger partial charge is 0.257 e. The second-order valence-electron chi connectivity index (χ2n) is 4.33. The summed E-state index contributed by atoms with van der Waals surface area (Å²) < 4.78 is 5.53. The van der Waals surface area contributed by atoms with Crippen molar-refractivity contribution in [1.82, 2.24) is 5.32 Å². The second-order valence-corrected chi connectivity index (χ2v) is 4.74. The number of rotatable bonds is 7. The van der Waals surface area contributed by atoms with E-state index in [0.29, 0.717) is 23.7 Å². The first kappa shape index (κ1) is 15.8. The number of carbonyl (C=O) groups excluding carboxylic acids is 1. The van der Waals surface area contributed by atoms with Crippen LogP contribution in [-0.2, 0) is 11.2 Å². The van der Waals surface area contributed by atoms with Gasteiger partial charge in [-0.1, -0.05) is 24.6 Å². The van der Waals surface area contributed by atoms with E-state index in [9.17, 15) is 4.79 Å². The minimum atomic E-state index is -0.145. The summed E-state index contributed by atoms with van der Waals surface area (Å²) >= 11 is 6.17. The maximum atomic E-state index is 11.4. The predicted octanol–water partition coefficient (Wildman–Crippen LogP) is 2.13. The lowest BCUT2D eigenvalue weighted by Crippen LogP contribution is -2.29. The summed E-state index contributed by atoms with van der Waals surface area (Å²) in [6.45, 7) is 4.47. The third-order valence-electron chi connectivity index (χ3n) is 2.80. The molecule has 0 saturated carbocycles. The van der Waals surface area contributed by atoms with Gasteiger partial charge in [-0.15, -0.1) is 0 Å². The van der Waals surface area contributed by atoms with E-state index >= 15 is 0 Å². The number of benzene rings is 1. The van der Waals surface area contributed by atoms with Crippen LogP contribution in [-0.4, -0.2) is 25.1 Å². The van der Waals surface area contributed by atoms with Gasteiger partial charge in [0.25, 0.3) is 5.91 Å². The van der Waals surface area contributed by atoms with Crippen LogP contribution in [0.3, 0.4) is 0 Å². The zero-order chi connectivity index (χ0) is 14.3. The van der Waals surface area contributed by atoms with E-state index < -0.39 is 0 Å². The van der Waals surface area contributed by atoms with Crippen molar-refractivity contribution in [2.24, 2.45) is 5.73 Å². The normalized spacial score (nSPS) is 12.0. The Labute approximate surface area is 119 Å². The fraction of sp³-hybridized carbons (Fsp3) is 0.500. The summed E-state index contributed by atoms with van der Waals surface area (Å²) in [4.78, 5) is 11.4. The van der Waals surface area contributed by atoms with Crippen LogP contribution in [0.4, 0.5) is 0 Å². The molecule has 1 rings (SSSR count). The Morgan fingerprint density at radius 2 is 2.21 bits per heavy atom. The van der Waals surface area contributed by atoms with E-state index in [1.807, 2.05) is 19.9 Å². The average Bonchev–Trinajstić information content (AvgIpc) is 2.39. The summed E-state index contributed by atoms with van der Waals surface area (Å²) in [6.07, 6.45) is 1.50. The molecule has 1 aromatic carbocycles. The lowest BCUT2D eigenvalue weighted by molar-refractivity contribution is -0.122. The number of ether oxygens (including phenoxy) is 1. The van der Waals surface area contributed by atoms with Crippen LogP contribution >= 0.6 is 11.6 Å². The fourth-order valence-corrected chi connectivity index (χ4v) is 1.91. The largest absolute Gasteiger partial charge is 0.483 e. The number of nitrogens with two attached hydrogens (primary N) is 1. The summed E-state index contributed by atoms with van der Waals surface area (Å²) in [7, 11) is 0. The van der Waals surface area contributed by atoms with E-state index in [0.717, 1.165) is 12.0 Å². The number of hydrogen-bond acceptors (Lipinski definition) is 3. The van der Waals surface area contributed by atoms with Crippen molar-refractivity contribution in [2.45, 2.75) is 32.7 Å². The molecule has 0 spiro atoms. The van der Waals surface area contributed by atoms with Crippen LogP contribution in [0.2, 0.25) is 5.02 Å². The first-order valence-corrected chi connectivity index (χ1v) is 6.88. The topological polar surface area (TPSA) is 64.3 Å². The van der Waals surface area contributed by atoms with Gasteiger partial charge in [0.05, 0.1) is 0 Å². The van der Waals surface area contributed by atoms with E-state index in [2.05, 4.69) is 5.32 Å². The molecule has 1 aromatic rings. The second kappa shape index (κ2) is 8.02. The van der Waals surface area contributed by atoms with Gasteiger partial charge >= 0.3 is 0 Å². The van der Waals surface area contributed by atoms with Crippen molar-refractivity contribution in [3.05, 3.63) is 28.8 Å². The molecule has 0 aliphatic carbocycles. The Morgan fingerprint density at radius 1 is 1.47 bits per heavy atom. The van der Waals surface area contributed by atoms with Gasteiger partial charge in [-0.2, -0.15) is 0 Å². The minimum Gasteiger partial charge on any atom is -0.483 e. The number of halogens is 1. The van der Waals surface area contributed by atoms with Gasteiger partial charge < -0.3 is 15.8 Å². The minimum absolute atomic E-state index is 0.0114. The molecule has 0 radical (unpaired) electrons. The van der Waals surface area contributed by atoms with Crippen LogP contribution in [0.15, 0.2) is 18.2 Å². The average molecular weight is 285 g/mol. The zero-order valence-electron chi connectivity index (χ0n) is 11.4. The molecule has 0 fully saturated rings. The quantitative estimate of drug-likeness (QED) is 0.806. The van der Waals surface area contributed by atoms with Crippen molar-refractivity contribution in [3.63, 3.8) is 0 Å². The van der Waals surface area contributed by atoms with Gasteiger partial charge in [-0.3, -0.25) is 4.79 Å². The van der Waals surface area contributed by atoms with Crippen LogP contribution in [0.25, 0.3) is 0 Å². The molecule has 0 saturated heterocycles. The molecule has 0 bridgehead atoms. The fourth-order valence-electron chi connectivity index (χ4n) is 1.67. The maximum Gasteiger partial charge on any atom is 0.257 e. The molecule has 0 aromatic heterocycles. The Bertz CT molecular complexity index is 424. The zero-order valence-corrected chi connectivity index (χ0v) is 12.2. The van der Waals surface area contributed by atoms with Gasteiger partial charge in [0.2, 0.25) is 0 Å². The Kier molecular flexibility index (Phi) is 6.67. The van der Waals surface area contributed by atoms with E-state index in [4.69, 9.17) is 22.1 Å². The number of nitrogens with one attached hydrogen (secondary N) is 1. The lowest BCUT2D eigenvalue weighted by atomic mass is 10.0. The summed E-state index contributed by atoms with van der Waals surface area (Å²) in [6, 6.07) is 5.45. The molecule has 4 nitrogen and oxygen atoms in total. The summed E-state index contributed by atoms with van der Waals surface area (Å²) in [5, 5.41) is 3.30. The molecule has 19 heavy (non-hydrogen) atoms. The van der Waals surface area contributed by atoms with Crippen LogP contribution < -0.4 is 15.8 Å². The highest BCUT2D eigenvalue weighted by Gasteiger charge is 2.12. The summed E-state index contributed by atoms with van der Waals surface area (Å²) in [5.41, 5.74) is 6.82.